The summed E-state index contributed by atoms with van der Waals surface area (Å²) in [6.45, 7) is 5.87. The molecule has 0 saturated heterocycles. The number of hydrogen-bond donors (Lipinski definition) is 3. The summed E-state index contributed by atoms with van der Waals surface area (Å²) in [7, 11) is -3.26. The van der Waals surface area contributed by atoms with Crippen LogP contribution < -0.4 is 10.0 Å². The number of rotatable bonds is 5. The minimum Gasteiger partial charge on any atom is -0.444 e. The molecule has 1 amide bonds. The Balaban J connectivity index is 2.41. The highest BCUT2D eigenvalue weighted by atomic mass is 32.2. The Labute approximate surface area is 125 Å². The Hall–Kier alpha value is -1.73. The second kappa shape index (κ2) is 6.82. The topological polar surface area (TPSA) is 87.7 Å². The molecule has 21 heavy (non-hydrogen) atoms. The number of alkyl carbamates (subject to hydrolysis) is 1. The fourth-order valence-corrected chi connectivity index (χ4v) is 2.05. The van der Waals surface area contributed by atoms with E-state index in [9.17, 15) is 9.00 Å². The zero-order valence-corrected chi connectivity index (χ0v) is 13.3. The lowest BCUT2D eigenvalue weighted by molar-refractivity contribution is 0.0528. The average molecular weight is 314 g/mol. The van der Waals surface area contributed by atoms with E-state index in [0.717, 1.165) is 5.56 Å². The van der Waals surface area contributed by atoms with Crippen molar-refractivity contribution in [3.63, 3.8) is 0 Å². The molecular formula is C14H22N2O4S. The maximum absolute atomic E-state index is 11.4. The Morgan fingerprint density at radius 2 is 1.90 bits per heavy atom. The van der Waals surface area contributed by atoms with Gasteiger partial charge in [0.1, 0.15) is 5.60 Å². The van der Waals surface area contributed by atoms with Crippen LogP contribution >= 0.6 is 0 Å². The standard InChI is InChI=1S/C14H22N2O4S/c1-14(2,3)20-13(17)15-10-9-11-5-7-12(8-6-11)16-21(4,18)19/h5-8H,4,9-10H2,1-3H3,(H,15,17)(H2,16,18,19). The first-order chi connectivity index (χ1) is 9.55. The molecule has 118 valence electrons. The van der Waals surface area contributed by atoms with E-state index < -0.39 is 21.7 Å². The highest BCUT2D eigenvalue weighted by molar-refractivity contribution is 7.96. The summed E-state index contributed by atoms with van der Waals surface area (Å²) >= 11 is 0. The Morgan fingerprint density at radius 1 is 1.33 bits per heavy atom. The van der Waals surface area contributed by atoms with Crippen LogP contribution in [0, 0.1) is 0 Å². The molecular weight excluding hydrogens is 292 g/mol. The van der Waals surface area contributed by atoms with Crippen LogP contribution in [0.3, 0.4) is 0 Å². The predicted molar refractivity (Wildman–Crippen MR) is 85.9 cm³/mol. The van der Waals surface area contributed by atoms with E-state index in [-0.39, 0.29) is 0 Å². The van der Waals surface area contributed by atoms with E-state index in [1.807, 2.05) is 12.1 Å². The predicted octanol–water partition coefficient (Wildman–Crippen LogP) is 2.27. The molecule has 0 spiro atoms. The summed E-state index contributed by atoms with van der Waals surface area (Å²) in [5, 5.41) is 2.67. The van der Waals surface area contributed by atoms with Gasteiger partial charge in [-0.1, -0.05) is 12.1 Å². The molecule has 1 atom stereocenters. The number of hydrogen-bond acceptors (Lipinski definition) is 3. The van der Waals surface area contributed by atoms with Gasteiger partial charge in [-0.05, 0) is 50.8 Å². The van der Waals surface area contributed by atoms with Crippen LogP contribution in [0.4, 0.5) is 10.5 Å². The zero-order valence-electron chi connectivity index (χ0n) is 12.5. The fourth-order valence-electron chi connectivity index (χ4n) is 1.55. The van der Waals surface area contributed by atoms with Crippen LogP contribution in [0.5, 0.6) is 0 Å². The molecule has 1 aromatic carbocycles. The van der Waals surface area contributed by atoms with Gasteiger partial charge in [-0.25, -0.2) is 9.00 Å². The van der Waals surface area contributed by atoms with Crippen molar-refractivity contribution in [3.05, 3.63) is 29.8 Å². The van der Waals surface area contributed by atoms with Gasteiger partial charge < -0.3 is 10.1 Å². The van der Waals surface area contributed by atoms with Gasteiger partial charge in [0.15, 0.2) is 9.99 Å². The van der Waals surface area contributed by atoms with E-state index >= 15 is 0 Å². The molecule has 0 aromatic heterocycles. The van der Waals surface area contributed by atoms with E-state index in [1.165, 1.54) is 0 Å². The van der Waals surface area contributed by atoms with Crippen molar-refractivity contribution in [2.75, 3.05) is 11.3 Å². The minimum atomic E-state index is -3.26. The quantitative estimate of drug-likeness (QED) is 0.728. The van der Waals surface area contributed by atoms with Crippen molar-refractivity contribution in [1.29, 1.82) is 0 Å². The monoisotopic (exact) mass is 314 g/mol. The molecule has 1 rings (SSSR count). The van der Waals surface area contributed by atoms with Crippen molar-refractivity contribution in [2.45, 2.75) is 32.8 Å². The molecule has 0 aliphatic heterocycles. The number of anilines is 1. The van der Waals surface area contributed by atoms with Crippen LogP contribution in [0.25, 0.3) is 0 Å². The Kier molecular flexibility index (Phi) is 5.62. The van der Waals surface area contributed by atoms with Crippen molar-refractivity contribution in [1.82, 2.24) is 5.32 Å². The number of amides is 1. The van der Waals surface area contributed by atoms with Crippen LogP contribution in [-0.2, 0) is 21.1 Å². The summed E-state index contributed by atoms with van der Waals surface area (Å²) in [5.41, 5.74) is 0.995. The summed E-state index contributed by atoms with van der Waals surface area (Å²) in [6.07, 6.45) is 0.191. The van der Waals surface area contributed by atoms with Gasteiger partial charge in [0.2, 0.25) is 0 Å². The van der Waals surface area contributed by atoms with Crippen molar-refractivity contribution in [3.8, 4) is 0 Å². The van der Waals surface area contributed by atoms with Crippen molar-refractivity contribution in [2.24, 2.45) is 0 Å². The SMILES string of the molecule is C=S(=O)(O)Nc1ccc(CCNC(=O)OC(C)(C)C)cc1. The first-order valence-corrected chi connectivity index (χ1v) is 8.17. The van der Waals surface area contributed by atoms with Crippen molar-refractivity contribution < 1.29 is 18.3 Å². The Morgan fingerprint density at radius 3 is 2.38 bits per heavy atom. The third-order valence-electron chi connectivity index (χ3n) is 2.31. The van der Waals surface area contributed by atoms with Gasteiger partial charge in [0, 0.05) is 12.2 Å². The molecule has 0 aliphatic carbocycles. The molecule has 6 nitrogen and oxygen atoms in total. The number of carbonyl (C=O) groups is 1. The number of carbonyl (C=O) groups excluding carboxylic acids is 1. The summed E-state index contributed by atoms with van der Waals surface area (Å²) in [4.78, 5) is 11.4. The number of nitrogens with one attached hydrogen (secondary N) is 2. The molecule has 0 bridgehead atoms. The second-order valence-electron chi connectivity index (χ2n) is 5.62. The molecule has 7 heteroatoms. The Bertz CT molecular complexity index is 574. The smallest absolute Gasteiger partial charge is 0.407 e. The fraction of sp³-hybridized carbons (Fsp3) is 0.429. The number of ether oxygens (including phenoxy) is 1. The summed E-state index contributed by atoms with van der Waals surface area (Å²) in [5.74, 6) is 3.10. The van der Waals surface area contributed by atoms with Crippen LogP contribution in [0.1, 0.15) is 26.3 Å². The van der Waals surface area contributed by atoms with Gasteiger partial charge in [-0.3, -0.25) is 9.27 Å². The van der Waals surface area contributed by atoms with Crippen LogP contribution in [-0.4, -0.2) is 32.9 Å². The average Bonchev–Trinajstić information content (AvgIpc) is 2.27. The molecule has 0 fully saturated rings. The molecule has 0 radical (unpaired) electrons. The van der Waals surface area contributed by atoms with Crippen LogP contribution in [0.15, 0.2) is 24.3 Å². The number of benzene rings is 1. The van der Waals surface area contributed by atoms with Gasteiger partial charge in [-0.15, -0.1) is 0 Å². The van der Waals surface area contributed by atoms with Crippen LogP contribution in [0.2, 0.25) is 0 Å². The van der Waals surface area contributed by atoms with E-state index in [0.29, 0.717) is 18.7 Å². The normalized spacial score (nSPS) is 14.1. The van der Waals surface area contributed by atoms with E-state index in [2.05, 4.69) is 15.9 Å². The highest BCUT2D eigenvalue weighted by Crippen LogP contribution is 2.11. The zero-order chi connectivity index (χ0) is 16.1. The second-order valence-corrected chi connectivity index (χ2v) is 7.10. The van der Waals surface area contributed by atoms with E-state index in [1.54, 1.807) is 32.9 Å². The minimum absolute atomic E-state index is 0.446. The lowest BCUT2D eigenvalue weighted by Gasteiger charge is -2.19. The van der Waals surface area contributed by atoms with E-state index in [4.69, 9.17) is 9.29 Å². The summed E-state index contributed by atoms with van der Waals surface area (Å²) in [6, 6.07) is 6.99. The summed E-state index contributed by atoms with van der Waals surface area (Å²) < 4.78 is 27.7. The van der Waals surface area contributed by atoms with Crippen molar-refractivity contribution >= 4 is 27.6 Å². The largest absolute Gasteiger partial charge is 0.444 e. The molecule has 0 saturated carbocycles. The van der Waals surface area contributed by atoms with Gasteiger partial charge in [0.05, 0.1) is 0 Å². The van der Waals surface area contributed by atoms with Gasteiger partial charge >= 0.3 is 6.09 Å². The third-order valence-corrected chi connectivity index (χ3v) is 2.87. The lowest BCUT2D eigenvalue weighted by atomic mass is 10.1. The van der Waals surface area contributed by atoms with Gasteiger partial charge in [-0.2, -0.15) is 0 Å². The maximum atomic E-state index is 11.4. The van der Waals surface area contributed by atoms with Gasteiger partial charge in [0.25, 0.3) is 0 Å². The molecule has 0 aliphatic rings. The molecule has 1 aromatic rings. The molecule has 3 N–H and O–H groups in total. The molecule has 1 unspecified atom stereocenters. The lowest BCUT2D eigenvalue weighted by Crippen LogP contribution is -2.33. The highest BCUT2D eigenvalue weighted by Gasteiger charge is 2.15. The first kappa shape index (κ1) is 17.3. The maximum Gasteiger partial charge on any atom is 0.407 e. The molecule has 0 heterocycles. The first-order valence-electron chi connectivity index (χ1n) is 6.48. The third kappa shape index (κ3) is 8.21.